The number of aliphatic hydroxyl groups is 1. The summed E-state index contributed by atoms with van der Waals surface area (Å²) in [5.41, 5.74) is -0.512. The summed E-state index contributed by atoms with van der Waals surface area (Å²) in [6.07, 6.45) is 11.5. The molecule has 3 unspecified atom stereocenters. The molecule has 3 aliphatic rings. The normalized spacial score (nSPS) is 38.7. The Kier molecular flexibility index (Phi) is 4.45. The van der Waals surface area contributed by atoms with Gasteiger partial charge in [-0.05, 0) is 31.1 Å². The van der Waals surface area contributed by atoms with Crippen LogP contribution in [0.15, 0.2) is 0 Å². The second-order valence-corrected chi connectivity index (χ2v) is 7.03. The average molecular weight is 267 g/mol. The minimum atomic E-state index is -0.512. The van der Waals surface area contributed by atoms with Crippen LogP contribution in [0, 0.1) is 11.8 Å². The van der Waals surface area contributed by atoms with Crippen LogP contribution in [-0.4, -0.2) is 36.5 Å². The molecule has 0 aromatic heterocycles. The minimum Gasteiger partial charge on any atom is -0.388 e. The molecular weight excluding hydrogens is 238 g/mol. The van der Waals surface area contributed by atoms with Gasteiger partial charge in [-0.25, -0.2) is 0 Å². The number of hydrogen-bond donors (Lipinski definition) is 2. The molecule has 2 aliphatic carbocycles. The van der Waals surface area contributed by atoms with E-state index in [0.29, 0.717) is 19.3 Å². The predicted molar refractivity (Wildman–Crippen MR) is 76.1 cm³/mol. The Morgan fingerprint density at radius 3 is 2.53 bits per heavy atom. The van der Waals surface area contributed by atoms with Gasteiger partial charge in [0, 0.05) is 38.6 Å². The summed E-state index contributed by atoms with van der Waals surface area (Å²) in [4.78, 5) is 0. The van der Waals surface area contributed by atoms with Crippen LogP contribution in [0.5, 0.6) is 0 Å². The van der Waals surface area contributed by atoms with Gasteiger partial charge in [-0.15, -0.1) is 0 Å². The van der Waals surface area contributed by atoms with Gasteiger partial charge in [0.1, 0.15) is 0 Å². The topological polar surface area (TPSA) is 41.5 Å². The lowest BCUT2D eigenvalue weighted by atomic mass is 9.69. The Morgan fingerprint density at radius 1 is 1.00 bits per heavy atom. The summed E-state index contributed by atoms with van der Waals surface area (Å²) in [6, 6.07) is 0.645. The third-order valence-corrected chi connectivity index (χ3v) is 5.68. The maximum absolute atomic E-state index is 10.5. The highest BCUT2D eigenvalue weighted by molar-refractivity contribution is 4.89. The second-order valence-electron chi connectivity index (χ2n) is 7.03. The van der Waals surface area contributed by atoms with Gasteiger partial charge in [-0.3, -0.25) is 0 Å². The molecule has 0 amide bonds. The van der Waals surface area contributed by atoms with E-state index in [0.717, 1.165) is 31.2 Å². The molecule has 0 aromatic rings. The van der Waals surface area contributed by atoms with Crippen molar-refractivity contribution in [3.63, 3.8) is 0 Å². The number of rotatable bonds is 3. The molecule has 0 spiro atoms. The third-order valence-electron chi connectivity index (χ3n) is 5.68. The molecule has 110 valence electrons. The standard InChI is InChI=1S/C16H29NO2/c18-16(7-9-19-10-8-16)12-17-15-6-5-13-3-1-2-4-14(13)11-15/h13-15,17-18H,1-12H2. The van der Waals surface area contributed by atoms with Crippen LogP contribution >= 0.6 is 0 Å². The molecule has 3 nitrogen and oxygen atoms in total. The van der Waals surface area contributed by atoms with Crippen molar-refractivity contribution in [2.75, 3.05) is 19.8 Å². The Morgan fingerprint density at radius 2 is 1.74 bits per heavy atom. The lowest BCUT2D eigenvalue weighted by molar-refractivity contribution is -0.0639. The van der Waals surface area contributed by atoms with Crippen LogP contribution in [-0.2, 0) is 4.74 Å². The fourth-order valence-corrected chi connectivity index (χ4v) is 4.32. The van der Waals surface area contributed by atoms with Gasteiger partial charge < -0.3 is 15.2 Å². The van der Waals surface area contributed by atoms with Crippen molar-refractivity contribution in [2.45, 2.75) is 69.4 Å². The monoisotopic (exact) mass is 267 g/mol. The van der Waals surface area contributed by atoms with E-state index in [2.05, 4.69) is 5.32 Å². The smallest absolute Gasteiger partial charge is 0.0815 e. The van der Waals surface area contributed by atoms with Crippen molar-refractivity contribution in [3.05, 3.63) is 0 Å². The molecule has 2 N–H and O–H groups in total. The van der Waals surface area contributed by atoms with Crippen molar-refractivity contribution in [3.8, 4) is 0 Å². The van der Waals surface area contributed by atoms with Gasteiger partial charge in [-0.2, -0.15) is 0 Å². The molecule has 1 heterocycles. The zero-order chi connectivity index (χ0) is 13.1. The van der Waals surface area contributed by atoms with Crippen molar-refractivity contribution in [1.82, 2.24) is 5.32 Å². The number of fused-ring (bicyclic) bond motifs is 1. The fourth-order valence-electron chi connectivity index (χ4n) is 4.32. The summed E-state index contributed by atoms with van der Waals surface area (Å²) >= 11 is 0. The highest BCUT2D eigenvalue weighted by Crippen LogP contribution is 2.40. The van der Waals surface area contributed by atoms with Crippen molar-refractivity contribution in [1.29, 1.82) is 0 Å². The lowest BCUT2D eigenvalue weighted by Crippen LogP contribution is -2.49. The predicted octanol–water partition coefficient (Wildman–Crippen LogP) is 2.48. The summed E-state index contributed by atoms with van der Waals surface area (Å²) in [5, 5.41) is 14.2. The molecular formula is C16H29NO2. The molecule has 3 rings (SSSR count). The van der Waals surface area contributed by atoms with E-state index >= 15 is 0 Å². The van der Waals surface area contributed by atoms with Crippen molar-refractivity contribution >= 4 is 0 Å². The van der Waals surface area contributed by atoms with Gasteiger partial charge in [0.25, 0.3) is 0 Å². The maximum atomic E-state index is 10.5. The molecule has 1 aliphatic heterocycles. The molecule has 3 heteroatoms. The Labute approximate surface area is 117 Å². The van der Waals surface area contributed by atoms with Crippen molar-refractivity contribution < 1.29 is 9.84 Å². The molecule has 2 saturated carbocycles. The van der Waals surface area contributed by atoms with E-state index < -0.39 is 5.60 Å². The molecule has 0 aromatic carbocycles. The second kappa shape index (κ2) is 6.11. The van der Waals surface area contributed by atoms with Crippen molar-refractivity contribution in [2.24, 2.45) is 11.8 Å². The van der Waals surface area contributed by atoms with Gasteiger partial charge in [0.15, 0.2) is 0 Å². The van der Waals surface area contributed by atoms with E-state index in [1.54, 1.807) is 0 Å². The zero-order valence-electron chi connectivity index (χ0n) is 12.1. The zero-order valence-corrected chi connectivity index (χ0v) is 12.1. The highest BCUT2D eigenvalue weighted by atomic mass is 16.5. The Bertz CT molecular complexity index is 288. The fraction of sp³-hybridized carbons (Fsp3) is 1.00. The van der Waals surface area contributed by atoms with Crippen LogP contribution in [0.4, 0.5) is 0 Å². The van der Waals surface area contributed by atoms with Gasteiger partial charge in [0.05, 0.1) is 5.60 Å². The number of hydrogen-bond acceptors (Lipinski definition) is 3. The minimum absolute atomic E-state index is 0.512. The summed E-state index contributed by atoms with van der Waals surface area (Å²) in [5.74, 6) is 1.97. The van der Waals surface area contributed by atoms with Gasteiger partial charge in [0.2, 0.25) is 0 Å². The molecule has 19 heavy (non-hydrogen) atoms. The van der Waals surface area contributed by atoms with Crippen LogP contribution in [0.2, 0.25) is 0 Å². The van der Waals surface area contributed by atoms with Crippen LogP contribution in [0.25, 0.3) is 0 Å². The highest BCUT2D eigenvalue weighted by Gasteiger charge is 2.34. The number of nitrogens with one attached hydrogen (secondary N) is 1. The van der Waals surface area contributed by atoms with Crippen LogP contribution in [0.3, 0.4) is 0 Å². The van der Waals surface area contributed by atoms with E-state index in [1.165, 1.54) is 44.9 Å². The molecule has 0 bridgehead atoms. The first-order chi connectivity index (χ1) is 9.25. The van der Waals surface area contributed by atoms with Gasteiger partial charge >= 0.3 is 0 Å². The average Bonchev–Trinajstić information content (AvgIpc) is 2.46. The maximum Gasteiger partial charge on any atom is 0.0815 e. The summed E-state index contributed by atoms with van der Waals surface area (Å²) in [7, 11) is 0. The molecule has 0 radical (unpaired) electrons. The molecule has 3 fully saturated rings. The quantitative estimate of drug-likeness (QED) is 0.825. The van der Waals surface area contributed by atoms with Crippen LogP contribution in [0.1, 0.15) is 57.8 Å². The van der Waals surface area contributed by atoms with Gasteiger partial charge in [-0.1, -0.05) is 25.7 Å². The summed E-state index contributed by atoms with van der Waals surface area (Å²) in [6.45, 7) is 2.19. The first kappa shape index (κ1) is 13.8. The first-order valence-corrected chi connectivity index (χ1v) is 8.29. The largest absolute Gasteiger partial charge is 0.388 e. The van der Waals surface area contributed by atoms with E-state index in [-0.39, 0.29) is 0 Å². The lowest BCUT2D eigenvalue weighted by Gasteiger charge is -2.41. The number of ether oxygens (including phenoxy) is 1. The van der Waals surface area contributed by atoms with Crippen LogP contribution < -0.4 is 5.32 Å². The molecule has 1 saturated heterocycles. The van der Waals surface area contributed by atoms with E-state index in [9.17, 15) is 5.11 Å². The first-order valence-electron chi connectivity index (χ1n) is 8.29. The Hall–Kier alpha value is -0.120. The summed E-state index contributed by atoms with van der Waals surface area (Å²) < 4.78 is 5.34. The van der Waals surface area contributed by atoms with E-state index in [1.807, 2.05) is 0 Å². The SMILES string of the molecule is OC1(CNC2CCC3CCCCC3C2)CCOCC1. The van der Waals surface area contributed by atoms with E-state index in [4.69, 9.17) is 4.74 Å². The third kappa shape index (κ3) is 3.50. The molecule has 3 atom stereocenters. The Balaban J connectivity index is 1.45.